The van der Waals surface area contributed by atoms with Crippen LogP contribution in [0.25, 0.3) is 0 Å². The summed E-state index contributed by atoms with van der Waals surface area (Å²) < 4.78 is 36.0. The van der Waals surface area contributed by atoms with Crippen molar-refractivity contribution < 1.29 is 18.3 Å². The number of rotatable bonds is 5. The number of hydrogen-bond acceptors (Lipinski definition) is 1. The number of aliphatic hydroxyl groups is 1. The van der Waals surface area contributed by atoms with E-state index >= 15 is 0 Å². The van der Waals surface area contributed by atoms with Crippen LogP contribution in [-0.4, -0.2) is 17.4 Å². The van der Waals surface area contributed by atoms with Crippen molar-refractivity contribution in [1.82, 2.24) is 0 Å². The maximum absolute atomic E-state index is 12.0. The highest BCUT2D eigenvalue weighted by atomic mass is 19.4. The zero-order chi connectivity index (χ0) is 13.8. The second kappa shape index (κ2) is 6.78. The van der Waals surface area contributed by atoms with Crippen molar-refractivity contribution in [3.63, 3.8) is 0 Å². The van der Waals surface area contributed by atoms with E-state index in [0.29, 0.717) is 5.92 Å². The fourth-order valence-electron chi connectivity index (χ4n) is 2.94. The van der Waals surface area contributed by atoms with Crippen LogP contribution in [0.3, 0.4) is 0 Å². The molecule has 1 N–H and O–H groups in total. The van der Waals surface area contributed by atoms with Gasteiger partial charge in [0.25, 0.3) is 0 Å². The van der Waals surface area contributed by atoms with Crippen LogP contribution in [0, 0.1) is 17.8 Å². The van der Waals surface area contributed by atoms with Gasteiger partial charge < -0.3 is 5.11 Å². The van der Waals surface area contributed by atoms with Crippen LogP contribution in [0.1, 0.15) is 58.8 Å². The van der Waals surface area contributed by atoms with Gasteiger partial charge in [-0.15, -0.1) is 0 Å². The van der Waals surface area contributed by atoms with Gasteiger partial charge in [-0.2, -0.15) is 13.2 Å². The van der Waals surface area contributed by atoms with Crippen molar-refractivity contribution in [2.24, 2.45) is 17.8 Å². The van der Waals surface area contributed by atoms with E-state index in [4.69, 9.17) is 0 Å². The number of hydrogen-bond donors (Lipinski definition) is 1. The normalized spacial score (nSPS) is 27.5. The maximum Gasteiger partial charge on any atom is 0.389 e. The molecule has 1 rings (SSSR count). The van der Waals surface area contributed by atoms with E-state index in [2.05, 4.69) is 13.8 Å². The molecule has 108 valence electrons. The summed E-state index contributed by atoms with van der Waals surface area (Å²) in [4.78, 5) is 0. The third-order valence-electron chi connectivity index (χ3n) is 4.26. The Labute approximate surface area is 108 Å². The molecule has 1 atom stereocenters. The first-order valence-corrected chi connectivity index (χ1v) is 7.04. The molecule has 1 unspecified atom stereocenters. The summed E-state index contributed by atoms with van der Waals surface area (Å²) in [5.41, 5.74) is 0. The molecule has 0 radical (unpaired) electrons. The molecule has 18 heavy (non-hydrogen) atoms. The Morgan fingerprint density at radius 1 is 1.06 bits per heavy atom. The van der Waals surface area contributed by atoms with E-state index in [0.717, 1.165) is 31.6 Å². The fraction of sp³-hybridized carbons (Fsp3) is 1.00. The molecule has 0 saturated heterocycles. The molecule has 0 bridgehead atoms. The Morgan fingerprint density at radius 2 is 1.56 bits per heavy atom. The van der Waals surface area contributed by atoms with Crippen molar-refractivity contribution in [3.05, 3.63) is 0 Å². The quantitative estimate of drug-likeness (QED) is 0.774. The molecule has 1 saturated carbocycles. The second-order valence-electron chi connectivity index (χ2n) is 5.99. The lowest BCUT2D eigenvalue weighted by molar-refractivity contribution is -0.137. The molecule has 1 aliphatic carbocycles. The van der Waals surface area contributed by atoms with Gasteiger partial charge in [0.1, 0.15) is 0 Å². The van der Waals surface area contributed by atoms with Crippen LogP contribution >= 0.6 is 0 Å². The van der Waals surface area contributed by atoms with Gasteiger partial charge >= 0.3 is 6.18 Å². The Morgan fingerprint density at radius 3 is 2.00 bits per heavy atom. The lowest BCUT2D eigenvalue weighted by Crippen LogP contribution is -2.27. The number of halogens is 3. The van der Waals surface area contributed by atoms with Crippen molar-refractivity contribution in [2.75, 3.05) is 0 Å². The predicted octanol–water partition coefficient (Wildman–Crippen LogP) is 4.54. The Hall–Kier alpha value is -0.250. The lowest BCUT2D eigenvalue weighted by atomic mass is 9.74. The Bertz CT molecular complexity index is 230. The molecule has 4 heteroatoms. The SMILES string of the molecule is CC(C)C1CCC(C(O)CCCC(F)(F)F)CC1. The summed E-state index contributed by atoms with van der Waals surface area (Å²) in [5, 5.41) is 9.93. The minimum absolute atomic E-state index is 0.0504. The standard InChI is InChI=1S/C14H25F3O/c1-10(2)11-5-7-12(8-6-11)13(18)4-3-9-14(15,16)17/h10-13,18H,3-9H2,1-2H3. The van der Waals surface area contributed by atoms with Crippen LogP contribution in [0.4, 0.5) is 13.2 Å². The van der Waals surface area contributed by atoms with Crippen LogP contribution < -0.4 is 0 Å². The van der Waals surface area contributed by atoms with E-state index in [1.54, 1.807) is 0 Å². The maximum atomic E-state index is 12.0. The van der Waals surface area contributed by atoms with Gasteiger partial charge in [-0.05, 0) is 56.3 Å². The number of aliphatic hydroxyl groups excluding tert-OH is 1. The minimum atomic E-state index is -4.09. The van der Waals surface area contributed by atoms with E-state index in [9.17, 15) is 18.3 Å². The van der Waals surface area contributed by atoms with Gasteiger partial charge in [0.05, 0.1) is 6.10 Å². The molecule has 0 aliphatic heterocycles. The van der Waals surface area contributed by atoms with Crippen LogP contribution in [0.5, 0.6) is 0 Å². The van der Waals surface area contributed by atoms with Crippen molar-refractivity contribution >= 4 is 0 Å². The van der Waals surface area contributed by atoms with Gasteiger partial charge in [0.15, 0.2) is 0 Å². The fourth-order valence-corrected chi connectivity index (χ4v) is 2.94. The van der Waals surface area contributed by atoms with Crippen LogP contribution in [0.15, 0.2) is 0 Å². The second-order valence-corrected chi connectivity index (χ2v) is 5.99. The highest BCUT2D eigenvalue weighted by molar-refractivity contribution is 4.79. The molecular weight excluding hydrogens is 241 g/mol. The van der Waals surface area contributed by atoms with Gasteiger partial charge in [0, 0.05) is 6.42 Å². The smallest absolute Gasteiger partial charge is 0.389 e. The first-order valence-electron chi connectivity index (χ1n) is 7.04. The van der Waals surface area contributed by atoms with Crippen LogP contribution in [0.2, 0.25) is 0 Å². The summed E-state index contributed by atoms with van der Waals surface area (Å²) in [6.07, 6.45) is -0.907. The van der Waals surface area contributed by atoms with E-state index in [1.807, 2.05) is 0 Å². The summed E-state index contributed by atoms with van der Waals surface area (Å²) in [5.74, 6) is 1.62. The van der Waals surface area contributed by atoms with Crippen LogP contribution in [-0.2, 0) is 0 Å². The predicted molar refractivity (Wildman–Crippen MR) is 66.2 cm³/mol. The molecular formula is C14H25F3O. The lowest BCUT2D eigenvalue weighted by Gasteiger charge is -2.33. The third-order valence-corrected chi connectivity index (χ3v) is 4.26. The third kappa shape index (κ3) is 5.59. The molecule has 0 amide bonds. The summed E-state index contributed by atoms with van der Waals surface area (Å²) in [7, 11) is 0. The molecule has 1 nitrogen and oxygen atoms in total. The summed E-state index contributed by atoms with van der Waals surface area (Å²) in [6, 6.07) is 0. The molecule has 0 heterocycles. The minimum Gasteiger partial charge on any atom is -0.393 e. The first-order chi connectivity index (χ1) is 8.29. The molecule has 0 spiro atoms. The molecule has 1 fully saturated rings. The first kappa shape index (κ1) is 15.8. The zero-order valence-electron chi connectivity index (χ0n) is 11.3. The topological polar surface area (TPSA) is 20.2 Å². The summed E-state index contributed by atoms with van der Waals surface area (Å²) in [6.45, 7) is 4.43. The molecule has 1 aliphatic rings. The van der Waals surface area contributed by atoms with E-state index in [1.165, 1.54) is 0 Å². The van der Waals surface area contributed by atoms with Crippen molar-refractivity contribution in [2.45, 2.75) is 71.1 Å². The van der Waals surface area contributed by atoms with Gasteiger partial charge in [-0.1, -0.05) is 13.8 Å². The van der Waals surface area contributed by atoms with E-state index in [-0.39, 0.29) is 18.8 Å². The zero-order valence-corrected chi connectivity index (χ0v) is 11.3. The Balaban J connectivity index is 2.22. The highest BCUT2D eigenvalue weighted by Crippen LogP contribution is 2.36. The average molecular weight is 266 g/mol. The largest absolute Gasteiger partial charge is 0.393 e. The number of alkyl halides is 3. The monoisotopic (exact) mass is 266 g/mol. The van der Waals surface area contributed by atoms with Gasteiger partial charge in [-0.3, -0.25) is 0 Å². The van der Waals surface area contributed by atoms with Crippen molar-refractivity contribution in [1.29, 1.82) is 0 Å². The highest BCUT2D eigenvalue weighted by Gasteiger charge is 2.30. The van der Waals surface area contributed by atoms with Crippen molar-refractivity contribution in [3.8, 4) is 0 Å². The molecule has 0 aromatic heterocycles. The summed E-state index contributed by atoms with van der Waals surface area (Å²) >= 11 is 0. The van der Waals surface area contributed by atoms with Gasteiger partial charge in [0.2, 0.25) is 0 Å². The Kier molecular flexibility index (Phi) is 5.96. The van der Waals surface area contributed by atoms with E-state index < -0.39 is 18.7 Å². The molecule has 0 aromatic carbocycles. The average Bonchev–Trinajstić information content (AvgIpc) is 2.27. The molecule has 0 aromatic rings. The van der Waals surface area contributed by atoms with Gasteiger partial charge in [-0.25, -0.2) is 0 Å².